The van der Waals surface area contributed by atoms with Crippen LogP contribution in [0.1, 0.15) is 51.3 Å². The van der Waals surface area contributed by atoms with Crippen molar-refractivity contribution >= 4 is 11.9 Å². The molecule has 1 N–H and O–H groups in total. The average Bonchev–Trinajstić information content (AvgIpc) is 2.50. The zero-order chi connectivity index (χ0) is 17.7. The summed E-state index contributed by atoms with van der Waals surface area (Å²) in [6.45, 7) is 5.94. The quantitative estimate of drug-likeness (QED) is 0.893. The van der Waals surface area contributed by atoms with Crippen molar-refractivity contribution < 1.29 is 19.0 Å². The summed E-state index contributed by atoms with van der Waals surface area (Å²) < 4.78 is 19.0. The van der Waals surface area contributed by atoms with Gasteiger partial charge in [-0.3, -0.25) is 4.90 Å². The standard InChI is InChI=1S/C18H27FN2O3/c1-18(2,3)24-17(23)21-11-4-5-13-6-8-15(20-16(13)21)9-7-14(19)10-12-22/h6,8,14,22H,4-5,7,9-12H2,1-3H3/t14-/m0/s1. The summed E-state index contributed by atoms with van der Waals surface area (Å²) in [7, 11) is 0. The fourth-order valence-electron chi connectivity index (χ4n) is 2.70. The number of aryl methyl sites for hydroxylation is 2. The third-order valence-corrected chi connectivity index (χ3v) is 3.87. The Morgan fingerprint density at radius 3 is 2.83 bits per heavy atom. The molecule has 0 aromatic carbocycles. The molecule has 0 bridgehead atoms. The van der Waals surface area contributed by atoms with Crippen molar-refractivity contribution in [3.63, 3.8) is 0 Å². The minimum Gasteiger partial charge on any atom is -0.443 e. The number of rotatable bonds is 5. The molecule has 0 radical (unpaired) electrons. The van der Waals surface area contributed by atoms with Gasteiger partial charge in [0, 0.05) is 25.3 Å². The Labute approximate surface area is 142 Å². The molecule has 1 aromatic heterocycles. The molecule has 24 heavy (non-hydrogen) atoms. The molecule has 2 heterocycles. The van der Waals surface area contributed by atoms with Gasteiger partial charge in [-0.05, 0) is 58.1 Å². The van der Waals surface area contributed by atoms with Crippen LogP contribution in [0, 0.1) is 0 Å². The van der Waals surface area contributed by atoms with Crippen LogP contribution in [-0.2, 0) is 17.6 Å². The molecule has 5 nitrogen and oxygen atoms in total. The van der Waals surface area contributed by atoms with Crippen LogP contribution in [0.4, 0.5) is 15.0 Å². The monoisotopic (exact) mass is 338 g/mol. The van der Waals surface area contributed by atoms with Gasteiger partial charge in [-0.2, -0.15) is 0 Å². The predicted octanol–water partition coefficient (Wildman–Crippen LogP) is 3.42. The van der Waals surface area contributed by atoms with Crippen LogP contribution in [0.2, 0.25) is 0 Å². The SMILES string of the molecule is CC(C)(C)OC(=O)N1CCCc2ccc(CC[C@H](F)CCO)nc21. The van der Waals surface area contributed by atoms with E-state index in [0.29, 0.717) is 25.2 Å². The fourth-order valence-corrected chi connectivity index (χ4v) is 2.70. The minimum absolute atomic E-state index is 0.148. The normalized spacial score (nSPS) is 15.8. The third-order valence-electron chi connectivity index (χ3n) is 3.87. The number of hydrogen-bond acceptors (Lipinski definition) is 4. The molecule has 0 aliphatic carbocycles. The van der Waals surface area contributed by atoms with E-state index in [2.05, 4.69) is 4.98 Å². The maximum absolute atomic E-state index is 13.5. The van der Waals surface area contributed by atoms with Gasteiger partial charge in [0.05, 0.1) is 0 Å². The van der Waals surface area contributed by atoms with Gasteiger partial charge >= 0.3 is 6.09 Å². The van der Waals surface area contributed by atoms with Crippen molar-refractivity contribution in [1.82, 2.24) is 4.98 Å². The number of ether oxygens (including phenoxy) is 1. The van der Waals surface area contributed by atoms with Gasteiger partial charge in [0.15, 0.2) is 0 Å². The Hall–Kier alpha value is -1.69. The van der Waals surface area contributed by atoms with Crippen LogP contribution >= 0.6 is 0 Å². The van der Waals surface area contributed by atoms with Gasteiger partial charge in [-0.1, -0.05) is 6.07 Å². The number of carbonyl (C=O) groups excluding carboxylic acids is 1. The first-order valence-corrected chi connectivity index (χ1v) is 8.54. The molecule has 1 atom stereocenters. The lowest BCUT2D eigenvalue weighted by molar-refractivity contribution is 0.0576. The smallest absolute Gasteiger partial charge is 0.416 e. The molecule has 1 amide bonds. The van der Waals surface area contributed by atoms with Crippen LogP contribution in [0.5, 0.6) is 0 Å². The van der Waals surface area contributed by atoms with E-state index in [1.165, 1.54) is 0 Å². The van der Waals surface area contributed by atoms with Crippen molar-refractivity contribution in [2.45, 2.75) is 64.6 Å². The molecule has 1 aliphatic rings. The van der Waals surface area contributed by atoms with E-state index in [4.69, 9.17) is 9.84 Å². The van der Waals surface area contributed by atoms with E-state index in [1.54, 1.807) is 4.90 Å². The van der Waals surface area contributed by atoms with Gasteiger partial charge in [0.1, 0.15) is 17.6 Å². The molecule has 1 aliphatic heterocycles. The van der Waals surface area contributed by atoms with E-state index in [0.717, 1.165) is 24.1 Å². The first kappa shape index (κ1) is 18.6. The fraction of sp³-hybridized carbons (Fsp3) is 0.667. The summed E-state index contributed by atoms with van der Waals surface area (Å²) in [6.07, 6.45) is 1.27. The number of pyridine rings is 1. The lowest BCUT2D eigenvalue weighted by Gasteiger charge is -2.31. The van der Waals surface area contributed by atoms with Gasteiger partial charge in [0.25, 0.3) is 0 Å². The number of carbonyl (C=O) groups is 1. The van der Waals surface area contributed by atoms with Crippen molar-refractivity contribution in [1.29, 1.82) is 0 Å². The Balaban J connectivity index is 2.12. The predicted molar refractivity (Wildman–Crippen MR) is 91.1 cm³/mol. The molecule has 2 rings (SSSR count). The second kappa shape index (κ2) is 7.92. The van der Waals surface area contributed by atoms with Crippen molar-refractivity contribution in [3.8, 4) is 0 Å². The van der Waals surface area contributed by atoms with E-state index in [1.807, 2.05) is 32.9 Å². The molecule has 1 aromatic rings. The largest absolute Gasteiger partial charge is 0.443 e. The molecule has 0 spiro atoms. The maximum atomic E-state index is 13.5. The van der Waals surface area contributed by atoms with E-state index in [9.17, 15) is 9.18 Å². The molecule has 0 fully saturated rings. The number of amides is 1. The van der Waals surface area contributed by atoms with E-state index >= 15 is 0 Å². The van der Waals surface area contributed by atoms with Gasteiger partial charge < -0.3 is 9.84 Å². The molecular weight excluding hydrogens is 311 g/mol. The van der Waals surface area contributed by atoms with Crippen LogP contribution in [0.25, 0.3) is 0 Å². The number of anilines is 1. The number of hydrogen-bond donors (Lipinski definition) is 1. The highest BCUT2D eigenvalue weighted by atomic mass is 19.1. The lowest BCUT2D eigenvalue weighted by Crippen LogP contribution is -2.40. The number of halogens is 1. The zero-order valence-electron chi connectivity index (χ0n) is 14.7. The van der Waals surface area contributed by atoms with Crippen LogP contribution in [0.15, 0.2) is 12.1 Å². The zero-order valence-corrected chi connectivity index (χ0v) is 14.7. The Kier molecular flexibility index (Phi) is 6.15. The lowest BCUT2D eigenvalue weighted by atomic mass is 10.0. The van der Waals surface area contributed by atoms with E-state index < -0.39 is 17.9 Å². The Morgan fingerprint density at radius 1 is 1.42 bits per heavy atom. The summed E-state index contributed by atoms with van der Waals surface area (Å²) in [5, 5.41) is 8.77. The summed E-state index contributed by atoms with van der Waals surface area (Å²) in [4.78, 5) is 18.6. The summed E-state index contributed by atoms with van der Waals surface area (Å²) in [5.41, 5.74) is 1.21. The molecular formula is C18H27FN2O3. The minimum atomic E-state index is -1.03. The third kappa shape index (κ3) is 5.16. The first-order valence-electron chi connectivity index (χ1n) is 8.54. The number of fused-ring (bicyclic) bond motifs is 1. The number of aliphatic hydroxyl groups excluding tert-OH is 1. The average molecular weight is 338 g/mol. The highest BCUT2D eigenvalue weighted by Gasteiger charge is 2.28. The molecule has 6 heteroatoms. The summed E-state index contributed by atoms with van der Waals surface area (Å²) >= 11 is 0. The van der Waals surface area contributed by atoms with Crippen molar-refractivity contribution in [2.24, 2.45) is 0 Å². The number of aliphatic hydroxyl groups is 1. The topological polar surface area (TPSA) is 62.7 Å². The molecule has 0 unspecified atom stereocenters. The Morgan fingerprint density at radius 2 is 2.17 bits per heavy atom. The molecule has 134 valence electrons. The van der Waals surface area contributed by atoms with Crippen molar-refractivity contribution in [3.05, 3.63) is 23.4 Å². The second-order valence-corrected chi connectivity index (χ2v) is 7.17. The molecule has 0 saturated carbocycles. The number of alkyl halides is 1. The van der Waals surface area contributed by atoms with Crippen molar-refractivity contribution in [2.75, 3.05) is 18.1 Å². The number of nitrogens with zero attached hydrogens (tertiary/aromatic N) is 2. The van der Waals surface area contributed by atoms with Gasteiger partial charge in [-0.25, -0.2) is 14.2 Å². The number of aromatic nitrogens is 1. The summed E-state index contributed by atoms with van der Waals surface area (Å²) in [5.74, 6) is 0.630. The maximum Gasteiger partial charge on any atom is 0.416 e. The van der Waals surface area contributed by atoms with Gasteiger partial charge in [0.2, 0.25) is 0 Å². The van der Waals surface area contributed by atoms with Crippen LogP contribution < -0.4 is 4.90 Å². The first-order chi connectivity index (χ1) is 11.3. The highest BCUT2D eigenvalue weighted by molar-refractivity contribution is 5.88. The van der Waals surface area contributed by atoms with Crippen LogP contribution in [-0.4, -0.2) is 41.1 Å². The summed E-state index contributed by atoms with van der Waals surface area (Å²) in [6, 6.07) is 3.86. The molecule has 0 saturated heterocycles. The van der Waals surface area contributed by atoms with E-state index in [-0.39, 0.29) is 13.0 Å². The Bertz CT molecular complexity index is 572. The highest BCUT2D eigenvalue weighted by Crippen LogP contribution is 2.27. The van der Waals surface area contributed by atoms with Gasteiger partial charge in [-0.15, -0.1) is 0 Å². The second-order valence-electron chi connectivity index (χ2n) is 7.17. The van der Waals surface area contributed by atoms with Crippen LogP contribution in [0.3, 0.4) is 0 Å².